The second-order valence-corrected chi connectivity index (χ2v) is 8.58. The molecule has 6 heteroatoms. The molecule has 1 aromatic rings. The van der Waals surface area contributed by atoms with Crippen LogP contribution in [-0.2, 0) is 10.0 Å². The summed E-state index contributed by atoms with van der Waals surface area (Å²) in [6, 6.07) is 5.10. The van der Waals surface area contributed by atoms with Crippen molar-refractivity contribution in [3.8, 4) is 5.75 Å². The summed E-state index contributed by atoms with van der Waals surface area (Å²) in [6.07, 6.45) is 4.62. The second-order valence-electron chi connectivity index (χ2n) is 5.70. The molecule has 2 aliphatic carbocycles. The van der Waals surface area contributed by atoms with E-state index in [9.17, 15) is 8.42 Å². The van der Waals surface area contributed by atoms with Crippen molar-refractivity contribution < 1.29 is 13.2 Å². The third-order valence-electron chi connectivity index (χ3n) is 4.48. The predicted octanol–water partition coefficient (Wildman–Crippen LogP) is 2.77. The van der Waals surface area contributed by atoms with Crippen molar-refractivity contribution in [2.45, 2.75) is 36.6 Å². The van der Waals surface area contributed by atoms with E-state index < -0.39 is 10.0 Å². The molecule has 2 fully saturated rings. The van der Waals surface area contributed by atoms with Gasteiger partial charge < -0.3 is 4.74 Å². The Morgan fingerprint density at radius 1 is 1.30 bits per heavy atom. The lowest BCUT2D eigenvalue weighted by molar-refractivity contribution is 0.390. The summed E-state index contributed by atoms with van der Waals surface area (Å²) in [5, 5.41) is 0. The Hall–Kier alpha value is -0.340. The Balaban J connectivity index is 1.79. The van der Waals surface area contributed by atoms with E-state index in [1.54, 1.807) is 25.3 Å². The van der Waals surface area contributed by atoms with Crippen molar-refractivity contribution >= 4 is 32.6 Å². The van der Waals surface area contributed by atoms with Crippen LogP contribution in [0.3, 0.4) is 0 Å². The van der Waals surface area contributed by atoms with Gasteiger partial charge in [0.1, 0.15) is 5.75 Å². The molecular formula is C14H18INO3S. The third-order valence-corrected chi connectivity index (χ3v) is 6.81. The fourth-order valence-electron chi connectivity index (χ4n) is 3.47. The standard InChI is InChI=1S/C14H18INO3S/c1-19-14-5-4-11(8-12(14)15)20(17,18)16-13-7-9-2-3-10(13)6-9/h4-5,8-10,13,16H,2-3,6-7H2,1H3/t9-,10+,13+/m0/s1. The summed E-state index contributed by atoms with van der Waals surface area (Å²) in [4.78, 5) is 0.325. The number of rotatable bonds is 4. The topological polar surface area (TPSA) is 55.4 Å². The predicted molar refractivity (Wildman–Crippen MR) is 85.3 cm³/mol. The number of halogens is 1. The zero-order valence-corrected chi connectivity index (χ0v) is 14.3. The van der Waals surface area contributed by atoms with Crippen LogP contribution in [0.15, 0.2) is 23.1 Å². The average Bonchev–Trinajstić information content (AvgIpc) is 3.00. The lowest BCUT2D eigenvalue weighted by atomic mass is 9.96. The zero-order valence-electron chi connectivity index (χ0n) is 11.3. The van der Waals surface area contributed by atoms with E-state index in [4.69, 9.17) is 4.74 Å². The molecule has 2 saturated carbocycles. The molecule has 0 aromatic heterocycles. The van der Waals surface area contributed by atoms with Gasteiger partial charge in [0, 0.05) is 6.04 Å². The molecule has 0 unspecified atom stereocenters. The molecule has 0 spiro atoms. The van der Waals surface area contributed by atoms with Crippen molar-refractivity contribution in [3.05, 3.63) is 21.8 Å². The maximum atomic E-state index is 12.5. The van der Waals surface area contributed by atoms with E-state index in [1.165, 1.54) is 12.8 Å². The molecule has 0 saturated heterocycles. The number of hydrogen-bond acceptors (Lipinski definition) is 3. The molecule has 1 N–H and O–H groups in total. The van der Waals surface area contributed by atoms with Gasteiger partial charge in [-0.1, -0.05) is 6.42 Å². The summed E-state index contributed by atoms with van der Waals surface area (Å²) < 4.78 is 33.8. The molecule has 4 nitrogen and oxygen atoms in total. The molecule has 0 amide bonds. The SMILES string of the molecule is COc1ccc(S(=O)(=O)N[C@@H]2C[C@H]3CC[C@@H]2C3)cc1I. The highest BCUT2D eigenvalue weighted by Crippen LogP contribution is 2.44. The van der Waals surface area contributed by atoms with Crippen LogP contribution in [0.5, 0.6) is 5.75 Å². The van der Waals surface area contributed by atoms with Gasteiger partial charge in [-0.05, 0) is 71.9 Å². The first-order valence-corrected chi connectivity index (χ1v) is 9.41. The van der Waals surface area contributed by atoms with E-state index in [-0.39, 0.29) is 6.04 Å². The molecule has 110 valence electrons. The molecular weight excluding hydrogens is 389 g/mol. The van der Waals surface area contributed by atoms with Gasteiger partial charge in [0.05, 0.1) is 15.6 Å². The number of ether oxygens (including phenoxy) is 1. The normalized spacial score (nSPS) is 28.8. The van der Waals surface area contributed by atoms with Crippen LogP contribution < -0.4 is 9.46 Å². The fourth-order valence-corrected chi connectivity index (χ4v) is 5.76. The number of nitrogens with one attached hydrogen (secondary N) is 1. The van der Waals surface area contributed by atoms with Gasteiger partial charge >= 0.3 is 0 Å². The lowest BCUT2D eigenvalue weighted by Gasteiger charge is -2.22. The summed E-state index contributed by atoms with van der Waals surface area (Å²) >= 11 is 2.09. The molecule has 0 heterocycles. The van der Waals surface area contributed by atoms with Crippen LogP contribution >= 0.6 is 22.6 Å². The smallest absolute Gasteiger partial charge is 0.240 e. The highest BCUT2D eigenvalue weighted by Gasteiger charge is 2.41. The zero-order chi connectivity index (χ0) is 14.3. The van der Waals surface area contributed by atoms with Crippen molar-refractivity contribution in [2.75, 3.05) is 7.11 Å². The van der Waals surface area contributed by atoms with Crippen LogP contribution in [-0.4, -0.2) is 21.6 Å². The van der Waals surface area contributed by atoms with Gasteiger partial charge in [-0.2, -0.15) is 0 Å². The number of hydrogen-bond donors (Lipinski definition) is 1. The highest BCUT2D eigenvalue weighted by molar-refractivity contribution is 14.1. The minimum atomic E-state index is -3.42. The average molecular weight is 407 g/mol. The van der Waals surface area contributed by atoms with Crippen LogP contribution in [0.25, 0.3) is 0 Å². The Labute approximate surface area is 133 Å². The van der Waals surface area contributed by atoms with E-state index >= 15 is 0 Å². The van der Waals surface area contributed by atoms with Crippen molar-refractivity contribution in [1.29, 1.82) is 0 Å². The van der Waals surface area contributed by atoms with E-state index in [0.717, 1.165) is 22.3 Å². The molecule has 1 aromatic carbocycles. The van der Waals surface area contributed by atoms with Crippen molar-refractivity contribution in [3.63, 3.8) is 0 Å². The molecule has 2 aliphatic rings. The molecule has 0 radical (unpaired) electrons. The third kappa shape index (κ3) is 2.69. The van der Waals surface area contributed by atoms with Crippen LogP contribution in [0.4, 0.5) is 0 Å². The van der Waals surface area contributed by atoms with Gasteiger partial charge in [-0.15, -0.1) is 0 Å². The van der Waals surface area contributed by atoms with Crippen molar-refractivity contribution in [1.82, 2.24) is 4.72 Å². The number of fused-ring (bicyclic) bond motifs is 2. The van der Waals surface area contributed by atoms with Gasteiger partial charge in [-0.3, -0.25) is 0 Å². The Kier molecular flexibility index (Phi) is 3.98. The minimum absolute atomic E-state index is 0.124. The minimum Gasteiger partial charge on any atom is -0.496 e. The van der Waals surface area contributed by atoms with Crippen molar-refractivity contribution in [2.24, 2.45) is 11.8 Å². The van der Waals surface area contributed by atoms with Gasteiger partial charge in [-0.25, -0.2) is 13.1 Å². The first-order valence-electron chi connectivity index (χ1n) is 6.85. The molecule has 2 bridgehead atoms. The van der Waals surface area contributed by atoms with E-state index in [0.29, 0.717) is 16.6 Å². The Morgan fingerprint density at radius 3 is 2.65 bits per heavy atom. The van der Waals surface area contributed by atoms with Gasteiger partial charge in [0.2, 0.25) is 10.0 Å². The molecule has 3 rings (SSSR count). The Morgan fingerprint density at radius 2 is 2.10 bits per heavy atom. The summed E-state index contributed by atoms with van der Waals surface area (Å²) in [5.41, 5.74) is 0. The number of benzene rings is 1. The highest BCUT2D eigenvalue weighted by atomic mass is 127. The largest absolute Gasteiger partial charge is 0.496 e. The lowest BCUT2D eigenvalue weighted by Crippen LogP contribution is -2.38. The van der Waals surface area contributed by atoms with E-state index in [1.807, 2.05) is 0 Å². The quantitative estimate of drug-likeness (QED) is 0.782. The second kappa shape index (κ2) is 5.46. The first kappa shape index (κ1) is 14.6. The van der Waals surface area contributed by atoms with Crippen LogP contribution in [0, 0.1) is 15.4 Å². The van der Waals surface area contributed by atoms with Gasteiger partial charge in [0.25, 0.3) is 0 Å². The maximum absolute atomic E-state index is 12.5. The molecule has 0 aliphatic heterocycles. The Bertz CT molecular complexity index is 617. The summed E-state index contributed by atoms with van der Waals surface area (Å²) in [7, 11) is -1.84. The summed E-state index contributed by atoms with van der Waals surface area (Å²) in [5.74, 6) is 1.96. The molecule has 3 atom stereocenters. The van der Waals surface area contributed by atoms with Crippen LogP contribution in [0.1, 0.15) is 25.7 Å². The molecule has 20 heavy (non-hydrogen) atoms. The number of methoxy groups -OCH3 is 1. The van der Waals surface area contributed by atoms with Crippen LogP contribution in [0.2, 0.25) is 0 Å². The monoisotopic (exact) mass is 407 g/mol. The first-order chi connectivity index (χ1) is 9.49. The maximum Gasteiger partial charge on any atom is 0.240 e. The summed E-state index contributed by atoms with van der Waals surface area (Å²) in [6.45, 7) is 0. The number of sulfonamides is 1. The van der Waals surface area contributed by atoms with Gasteiger partial charge in [0.15, 0.2) is 0 Å². The van der Waals surface area contributed by atoms with E-state index in [2.05, 4.69) is 27.3 Å². The fraction of sp³-hybridized carbons (Fsp3) is 0.571.